The molecular weight excluding hydrogens is 292 g/mol. The normalized spacial score (nSPS) is 18.6. The van der Waals surface area contributed by atoms with Crippen molar-refractivity contribution in [3.63, 3.8) is 0 Å². The number of ketones is 1. The molecule has 3 nitrogen and oxygen atoms in total. The largest absolute Gasteiger partial charge is 0.325 e. The number of aromatic nitrogens is 1. The fourth-order valence-corrected chi connectivity index (χ4v) is 2.84. The van der Waals surface area contributed by atoms with E-state index in [1.165, 1.54) is 6.42 Å². The maximum atomic E-state index is 12.0. The van der Waals surface area contributed by atoms with E-state index < -0.39 is 0 Å². The summed E-state index contributed by atoms with van der Waals surface area (Å²) in [4.78, 5) is 16.3. The van der Waals surface area contributed by atoms with Gasteiger partial charge in [0.2, 0.25) is 0 Å². The Bertz CT molecular complexity index is 410. The number of carbonyl (C=O) groups is 1. The SMILES string of the molecule is NC1(CC(=O)Cc2ccc(Br)cn2)CCCCC1. The van der Waals surface area contributed by atoms with Gasteiger partial charge in [-0.05, 0) is 40.9 Å². The molecule has 4 heteroatoms. The van der Waals surface area contributed by atoms with Crippen LogP contribution < -0.4 is 5.73 Å². The molecule has 1 aliphatic carbocycles. The highest BCUT2D eigenvalue weighted by Crippen LogP contribution is 2.29. The van der Waals surface area contributed by atoms with Crippen LogP contribution in [0.25, 0.3) is 0 Å². The lowest BCUT2D eigenvalue weighted by Gasteiger charge is -2.32. The topological polar surface area (TPSA) is 56.0 Å². The Morgan fingerprint density at radius 2 is 2.06 bits per heavy atom. The van der Waals surface area contributed by atoms with E-state index in [2.05, 4.69) is 20.9 Å². The third-order valence-electron chi connectivity index (χ3n) is 3.57. The summed E-state index contributed by atoms with van der Waals surface area (Å²) in [7, 11) is 0. The molecule has 1 aliphatic rings. The predicted molar refractivity (Wildman–Crippen MR) is 75.3 cm³/mol. The molecule has 0 aliphatic heterocycles. The van der Waals surface area contributed by atoms with Gasteiger partial charge in [0.05, 0.1) is 0 Å². The fourth-order valence-electron chi connectivity index (χ4n) is 2.60. The number of rotatable bonds is 4. The summed E-state index contributed by atoms with van der Waals surface area (Å²) in [6, 6.07) is 3.79. The summed E-state index contributed by atoms with van der Waals surface area (Å²) in [5.74, 6) is 0.203. The molecule has 0 saturated heterocycles. The zero-order valence-electron chi connectivity index (χ0n) is 10.5. The molecule has 2 rings (SSSR count). The van der Waals surface area contributed by atoms with Crippen LogP contribution in [0.5, 0.6) is 0 Å². The van der Waals surface area contributed by atoms with Crippen LogP contribution in [0.3, 0.4) is 0 Å². The highest BCUT2D eigenvalue weighted by Gasteiger charge is 2.29. The fraction of sp³-hybridized carbons (Fsp3) is 0.571. The summed E-state index contributed by atoms with van der Waals surface area (Å²) in [6.07, 6.45) is 8.12. The molecule has 1 saturated carbocycles. The lowest BCUT2D eigenvalue weighted by molar-refractivity contribution is -0.119. The van der Waals surface area contributed by atoms with Gasteiger partial charge in [0.15, 0.2) is 0 Å². The number of halogens is 1. The molecule has 0 aromatic carbocycles. The number of nitrogens with two attached hydrogens (primary N) is 1. The maximum absolute atomic E-state index is 12.0. The second-order valence-corrected chi connectivity index (χ2v) is 6.20. The summed E-state index contributed by atoms with van der Waals surface area (Å²) >= 11 is 3.33. The molecular formula is C14H19BrN2O. The van der Waals surface area contributed by atoms with Crippen molar-refractivity contribution in [3.8, 4) is 0 Å². The quantitative estimate of drug-likeness (QED) is 0.930. The van der Waals surface area contributed by atoms with E-state index in [0.29, 0.717) is 12.8 Å². The van der Waals surface area contributed by atoms with Crippen LogP contribution in [-0.2, 0) is 11.2 Å². The van der Waals surface area contributed by atoms with Crippen LogP contribution in [0.1, 0.15) is 44.2 Å². The summed E-state index contributed by atoms with van der Waals surface area (Å²) in [5.41, 5.74) is 6.85. The number of hydrogen-bond donors (Lipinski definition) is 1. The van der Waals surface area contributed by atoms with Crippen LogP contribution in [0, 0.1) is 0 Å². The van der Waals surface area contributed by atoms with E-state index in [0.717, 1.165) is 35.8 Å². The second kappa shape index (κ2) is 5.93. The summed E-state index contributed by atoms with van der Waals surface area (Å²) < 4.78 is 0.932. The molecule has 0 radical (unpaired) electrons. The van der Waals surface area contributed by atoms with Gasteiger partial charge in [0.25, 0.3) is 0 Å². The average molecular weight is 311 g/mol. The summed E-state index contributed by atoms with van der Waals surface area (Å²) in [5, 5.41) is 0. The molecule has 18 heavy (non-hydrogen) atoms. The van der Waals surface area contributed by atoms with Gasteiger partial charge in [-0.2, -0.15) is 0 Å². The van der Waals surface area contributed by atoms with Crippen molar-refractivity contribution in [3.05, 3.63) is 28.5 Å². The van der Waals surface area contributed by atoms with Gasteiger partial charge in [-0.3, -0.25) is 9.78 Å². The van der Waals surface area contributed by atoms with E-state index in [1.807, 2.05) is 12.1 Å². The molecule has 1 aromatic rings. The van der Waals surface area contributed by atoms with Crippen LogP contribution in [0.2, 0.25) is 0 Å². The van der Waals surface area contributed by atoms with Crippen molar-refractivity contribution in [2.45, 2.75) is 50.5 Å². The third kappa shape index (κ3) is 3.89. The van der Waals surface area contributed by atoms with Gasteiger partial charge < -0.3 is 5.73 Å². The van der Waals surface area contributed by atoms with Crippen molar-refractivity contribution < 1.29 is 4.79 Å². The zero-order valence-corrected chi connectivity index (χ0v) is 12.1. The lowest BCUT2D eigenvalue weighted by Crippen LogP contribution is -2.43. The predicted octanol–water partition coefficient (Wildman–Crippen LogP) is 3.01. The van der Waals surface area contributed by atoms with E-state index in [1.54, 1.807) is 6.20 Å². The Kier molecular flexibility index (Phi) is 4.51. The molecule has 0 atom stereocenters. The molecule has 0 bridgehead atoms. The van der Waals surface area contributed by atoms with Crippen molar-refractivity contribution in [2.75, 3.05) is 0 Å². The van der Waals surface area contributed by atoms with Crippen molar-refractivity contribution in [1.29, 1.82) is 0 Å². The average Bonchev–Trinajstić information content (AvgIpc) is 2.32. The number of Topliss-reactive ketones (excluding diaryl/α,β-unsaturated/α-hetero) is 1. The van der Waals surface area contributed by atoms with Gasteiger partial charge >= 0.3 is 0 Å². The second-order valence-electron chi connectivity index (χ2n) is 5.28. The van der Waals surface area contributed by atoms with Crippen LogP contribution in [0.4, 0.5) is 0 Å². The Hall–Kier alpha value is -0.740. The number of carbonyl (C=O) groups excluding carboxylic acids is 1. The number of nitrogens with zero attached hydrogens (tertiary/aromatic N) is 1. The Morgan fingerprint density at radius 3 is 2.67 bits per heavy atom. The Labute approximate surface area is 116 Å². The summed E-state index contributed by atoms with van der Waals surface area (Å²) in [6.45, 7) is 0. The van der Waals surface area contributed by atoms with Gasteiger partial charge in [-0.25, -0.2) is 0 Å². The van der Waals surface area contributed by atoms with Gasteiger partial charge in [-0.15, -0.1) is 0 Å². The molecule has 1 fully saturated rings. The molecule has 2 N–H and O–H groups in total. The van der Waals surface area contributed by atoms with E-state index in [9.17, 15) is 4.79 Å². The highest BCUT2D eigenvalue weighted by molar-refractivity contribution is 9.10. The molecule has 0 spiro atoms. The first-order valence-electron chi connectivity index (χ1n) is 6.48. The zero-order chi connectivity index (χ0) is 13.0. The Morgan fingerprint density at radius 1 is 1.33 bits per heavy atom. The number of hydrogen-bond acceptors (Lipinski definition) is 3. The first kappa shape index (κ1) is 13.7. The first-order valence-corrected chi connectivity index (χ1v) is 7.28. The van der Waals surface area contributed by atoms with Crippen molar-refractivity contribution in [1.82, 2.24) is 4.98 Å². The minimum atomic E-state index is -0.259. The van der Waals surface area contributed by atoms with Crippen LogP contribution >= 0.6 is 15.9 Å². The van der Waals surface area contributed by atoms with E-state index in [-0.39, 0.29) is 11.3 Å². The molecule has 1 heterocycles. The maximum Gasteiger partial charge on any atom is 0.140 e. The van der Waals surface area contributed by atoms with Crippen molar-refractivity contribution in [2.24, 2.45) is 5.73 Å². The van der Waals surface area contributed by atoms with E-state index in [4.69, 9.17) is 5.73 Å². The smallest absolute Gasteiger partial charge is 0.140 e. The molecule has 1 aromatic heterocycles. The highest BCUT2D eigenvalue weighted by atomic mass is 79.9. The molecule has 0 amide bonds. The standard InChI is InChI=1S/C14H19BrN2O/c15-11-4-5-12(17-10-11)8-13(18)9-14(16)6-2-1-3-7-14/h4-5,10H,1-3,6-9,16H2. The van der Waals surface area contributed by atoms with Crippen LogP contribution in [0.15, 0.2) is 22.8 Å². The van der Waals surface area contributed by atoms with Gasteiger partial charge in [-0.1, -0.05) is 19.3 Å². The Balaban J connectivity index is 1.90. The monoisotopic (exact) mass is 310 g/mol. The van der Waals surface area contributed by atoms with Gasteiger partial charge in [0, 0.05) is 34.7 Å². The number of pyridine rings is 1. The minimum Gasteiger partial charge on any atom is -0.325 e. The molecule has 98 valence electrons. The third-order valence-corrected chi connectivity index (χ3v) is 4.03. The lowest BCUT2D eigenvalue weighted by atomic mass is 9.79. The van der Waals surface area contributed by atoms with Crippen LogP contribution in [-0.4, -0.2) is 16.3 Å². The first-order chi connectivity index (χ1) is 8.57. The van der Waals surface area contributed by atoms with E-state index >= 15 is 0 Å². The van der Waals surface area contributed by atoms with Crippen molar-refractivity contribution >= 4 is 21.7 Å². The van der Waals surface area contributed by atoms with Gasteiger partial charge in [0.1, 0.15) is 5.78 Å². The molecule has 0 unspecified atom stereocenters. The minimum absolute atomic E-state index is 0.203.